The first kappa shape index (κ1) is 18.2. The number of benzene rings is 3. The largest absolute Gasteiger partial charge is 0.378 e. The fourth-order valence-electron chi connectivity index (χ4n) is 2.82. The van der Waals surface area contributed by atoms with Crippen LogP contribution in [0.2, 0.25) is 0 Å². The van der Waals surface area contributed by atoms with Gasteiger partial charge in [0.1, 0.15) is 11.0 Å². The van der Waals surface area contributed by atoms with Gasteiger partial charge in [-0.3, -0.25) is 4.79 Å². The minimum atomic E-state index is -0.174. The Hall–Kier alpha value is -3.19. The number of halogens is 1. The molecule has 1 heterocycles. The van der Waals surface area contributed by atoms with Crippen molar-refractivity contribution in [2.24, 2.45) is 0 Å². The van der Waals surface area contributed by atoms with E-state index in [1.807, 2.05) is 73.6 Å². The van der Waals surface area contributed by atoms with Crippen LogP contribution in [0, 0.1) is 0 Å². The average Bonchev–Trinajstić information content (AvgIpc) is 3.11. The molecule has 1 amide bonds. The molecule has 0 saturated carbocycles. The highest BCUT2D eigenvalue weighted by Crippen LogP contribution is 2.20. The van der Waals surface area contributed by atoms with Crippen molar-refractivity contribution >= 4 is 44.2 Å². The zero-order valence-corrected chi connectivity index (χ0v) is 17.0. The summed E-state index contributed by atoms with van der Waals surface area (Å²) in [5.41, 5.74) is 4.71. The first-order chi connectivity index (χ1) is 13.5. The first-order valence-electron chi connectivity index (χ1n) is 8.71. The number of nitrogens with one attached hydrogen (secondary N) is 1. The summed E-state index contributed by atoms with van der Waals surface area (Å²) in [5, 5.41) is 12.0. The molecule has 0 aliphatic carbocycles. The molecule has 1 aromatic heterocycles. The van der Waals surface area contributed by atoms with Gasteiger partial charge in [0.25, 0.3) is 5.91 Å². The van der Waals surface area contributed by atoms with Crippen molar-refractivity contribution in [2.45, 2.75) is 0 Å². The Morgan fingerprint density at radius 3 is 2.43 bits per heavy atom. The monoisotopic (exact) mass is 435 g/mol. The first-order valence-corrected chi connectivity index (χ1v) is 9.51. The number of anilines is 2. The van der Waals surface area contributed by atoms with E-state index in [1.54, 1.807) is 16.9 Å². The van der Waals surface area contributed by atoms with Crippen molar-refractivity contribution in [3.8, 4) is 5.69 Å². The number of aromatic nitrogens is 3. The quantitative estimate of drug-likeness (QED) is 0.512. The van der Waals surface area contributed by atoms with Crippen LogP contribution in [0.15, 0.2) is 71.2 Å². The number of hydrogen-bond acceptors (Lipinski definition) is 4. The highest BCUT2D eigenvalue weighted by molar-refractivity contribution is 9.10. The molecule has 3 aromatic carbocycles. The molecule has 7 heteroatoms. The molecular weight excluding hydrogens is 418 g/mol. The number of rotatable bonds is 4. The standard InChI is InChI=1S/C21H18BrN5O/c1-26(2)17-7-9-18(10-8-17)27-24-19-11-6-16(13-20(19)25-27)23-21(28)14-4-3-5-15(22)12-14/h3-13H,1-2H3,(H,23,28). The molecule has 1 N–H and O–H groups in total. The van der Waals surface area contributed by atoms with Crippen LogP contribution in [-0.4, -0.2) is 35.0 Å². The number of hydrogen-bond donors (Lipinski definition) is 1. The maximum absolute atomic E-state index is 12.4. The van der Waals surface area contributed by atoms with Gasteiger partial charge in [-0.15, -0.1) is 10.2 Å². The van der Waals surface area contributed by atoms with Crippen LogP contribution in [0.4, 0.5) is 11.4 Å². The summed E-state index contributed by atoms with van der Waals surface area (Å²) in [6.07, 6.45) is 0. The number of fused-ring (bicyclic) bond motifs is 1. The van der Waals surface area contributed by atoms with Gasteiger partial charge >= 0.3 is 0 Å². The zero-order chi connectivity index (χ0) is 19.7. The molecule has 6 nitrogen and oxygen atoms in total. The Balaban J connectivity index is 1.58. The lowest BCUT2D eigenvalue weighted by atomic mass is 10.2. The topological polar surface area (TPSA) is 63.1 Å². The number of carbonyl (C=O) groups is 1. The molecule has 0 saturated heterocycles. The van der Waals surface area contributed by atoms with Gasteiger partial charge in [-0.2, -0.15) is 4.80 Å². The lowest BCUT2D eigenvalue weighted by molar-refractivity contribution is 0.102. The maximum Gasteiger partial charge on any atom is 0.255 e. The molecular formula is C21H18BrN5O. The second kappa shape index (κ2) is 7.44. The fourth-order valence-corrected chi connectivity index (χ4v) is 3.22. The Morgan fingerprint density at radius 2 is 1.71 bits per heavy atom. The van der Waals surface area contributed by atoms with Gasteiger partial charge < -0.3 is 10.2 Å². The Morgan fingerprint density at radius 1 is 0.964 bits per heavy atom. The van der Waals surface area contributed by atoms with E-state index in [0.717, 1.165) is 21.4 Å². The molecule has 28 heavy (non-hydrogen) atoms. The molecule has 140 valence electrons. The predicted octanol–water partition coefficient (Wildman–Crippen LogP) is 4.50. The van der Waals surface area contributed by atoms with Gasteiger partial charge in [0.2, 0.25) is 0 Å². The minimum absolute atomic E-state index is 0.174. The van der Waals surface area contributed by atoms with E-state index in [2.05, 4.69) is 31.4 Å². The van der Waals surface area contributed by atoms with Crippen LogP contribution in [0.5, 0.6) is 0 Å². The maximum atomic E-state index is 12.4. The lowest BCUT2D eigenvalue weighted by Gasteiger charge is -2.12. The Labute approximate surface area is 170 Å². The summed E-state index contributed by atoms with van der Waals surface area (Å²) in [6.45, 7) is 0. The Kier molecular flexibility index (Phi) is 4.83. The van der Waals surface area contributed by atoms with E-state index < -0.39 is 0 Å². The molecule has 0 fully saturated rings. The lowest BCUT2D eigenvalue weighted by Crippen LogP contribution is -2.11. The minimum Gasteiger partial charge on any atom is -0.378 e. The molecule has 0 aliphatic rings. The molecule has 4 rings (SSSR count). The summed E-state index contributed by atoms with van der Waals surface area (Å²) >= 11 is 3.38. The SMILES string of the molecule is CN(C)c1ccc(-n2nc3ccc(NC(=O)c4cccc(Br)c4)cc3n2)cc1. The van der Waals surface area contributed by atoms with E-state index >= 15 is 0 Å². The van der Waals surface area contributed by atoms with Crippen LogP contribution < -0.4 is 10.2 Å². The molecule has 0 atom stereocenters. The van der Waals surface area contributed by atoms with Gasteiger partial charge in [-0.25, -0.2) is 0 Å². The number of nitrogens with zero attached hydrogens (tertiary/aromatic N) is 4. The van der Waals surface area contributed by atoms with Gasteiger partial charge in [0, 0.05) is 35.5 Å². The van der Waals surface area contributed by atoms with Crippen molar-refractivity contribution < 1.29 is 4.79 Å². The summed E-state index contributed by atoms with van der Waals surface area (Å²) in [7, 11) is 4.00. The molecule has 0 radical (unpaired) electrons. The van der Waals surface area contributed by atoms with Crippen molar-refractivity contribution in [1.82, 2.24) is 15.0 Å². The molecule has 0 spiro atoms. The highest BCUT2D eigenvalue weighted by Gasteiger charge is 2.10. The molecule has 4 aromatic rings. The highest BCUT2D eigenvalue weighted by atomic mass is 79.9. The number of carbonyl (C=O) groups excluding carboxylic acids is 1. The van der Waals surface area contributed by atoms with Crippen LogP contribution in [0.25, 0.3) is 16.7 Å². The van der Waals surface area contributed by atoms with Crippen LogP contribution in [0.1, 0.15) is 10.4 Å². The smallest absolute Gasteiger partial charge is 0.255 e. The predicted molar refractivity (Wildman–Crippen MR) is 115 cm³/mol. The van der Waals surface area contributed by atoms with Gasteiger partial charge in [-0.05, 0) is 60.7 Å². The molecule has 0 aliphatic heterocycles. The normalized spacial score (nSPS) is 10.8. The Bertz CT molecular complexity index is 1150. The van der Waals surface area contributed by atoms with Crippen molar-refractivity contribution in [3.05, 3.63) is 76.8 Å². The summed E-state index contributed by atoms with van der Waals surface area (Å²) < 4.78 is 0.860. The van der Waals surface area contributed by atoms with Crippen molar-refractivity contribution in [3.63, 3.8) is 0 Å². The summed E-state index contributed by atoms with van der Waals surface area (Å²) in [4.78, 5) is 16.1. The summed E-state index contributed by atoms with van der Waals surface area (Å²) in [5.74, 6) is -0.174. The van der Waals surface area contributed by atoms with E-state index in [9.17, 15) is 4.79 Å². The molecule has 0 unspecified atom stereocenters. The van der Waals surface area contributed by atoms with Crippen LogP contribution >= 0.6 is 15.9 Å². The second-order valence-corrected chi connectivity index (χ2v) is 7.48. The van der Waals surface area contributed by atoms with Gasteiger partial charge in [0.15, 0.2) is 0 Å². The summed E-state index contributed by atoms with van der Waals surface area (Å²) in [6, 6.07) is 20.8. The second-order valence-electron chi connectivity index (χ2n) is 6.57. The third kappa shape index (κ3) is 3.75. The van der Waals surface area contributed by atoms with Gasteiger partial charge in [-0.1, -0.05) is 22.0 Å². The van der Waals surface area contributed by atoms with Crippen molar-refractivity contribution in [1.29, 1.82) is 0 Å². The number of amides is 1. The van der Waals surface area contributed by atoms with Crippen LogP contribution in [0.3, 0.4) is 0 Å². The van der Waals surface area contributed by atoms with E-state index in [1.165, 1.54) is 0 Å². The third-order valence-corrected chi connectivity index (χ3v) is 4.82. The molecule has 0 bridgehead atoms. The van der Waals surface area contributed by atoms with Gasteiger partial charge in [0.05, 0.1) is 5.69 Å². The van der Waals surface area contributed by atoms with E-state index in [4.69, 9.17) is 0 Å². The van der Waals surface area contributed by atoms with Crippen LogP contribution in [-0.2, 0) is 0 Å². The average molecular weight is 436 g/mol. The van der Waals surface area contributed by atoms with Crippen molar-refractivity contribution in [2.75, 3.05) is 24.3 Å². The third-order valence-electron chi connectivity index (χ3n) is 4.32. The zero-order valence-electron chi connectivity index (χ0n) is 15.4. The fraction of sp³-hybridized carbons (Fsp3) is 0.0952. The van der Waals surface area contributed by atoms with E-state index in [-0.39, 0.29) is 5.91 Å². The van der Waals surface area contributed by atoms with E-state index in [0.29, 0.717) is 16.8 Å².